The van der Waals surface area contributed by atoms with E-state index in [1.807, 2.05) is 6.92 Å². The minimum Gasteiger partial charge on any atom is -0.508 e. The third-order valence-electron chi connectivity index (χ3n) is 3.83. The number of benzene rings is 2. The first-order chi connectivity index (χ1) is 11.8. The maximum absolute atomic E-state index is 12.2. The molecule has 0 saturated heterocycles. The minimum absolute atomic E-state index is 0.111. The van der Waals surface area contributed by atoms with Crippen molar-refractivity contribution in [1.29, 1.82) is 0 Å². The number of nitrogens with one attached hydrogen (secondary N) is 2. The molecular formula is C18H22N2O4S. The highest BCUT2D eigenvalue weighted by Crippen LogP contribution is 2.16. The summed E-state index contributed by atoms with van der Waals surface area (Å²) in [4.78, 5) is 12.3. The van der Waals surface area contributed by atoms with Crippen LogP contribution in [0.5, 0.6) is 5.75 Å². The van der Waals surface area contributed by atoms with Gasteiger partial charge in [-0.2, -0.15) is 0 Å². The summed E-state index contributed by atoms with van der Waals surface area (Å²) in [6.07, 6.45) is 0.687. The Balaban J connectivity index is 2.04. The van der Waals surface area contributed by atoms with Crippen LogP contribution >= 0.6 is 0 Å². The molecule has 134 valence electrons. The molecule has 2 aromatic carbocycles. The maximum atomic E-state index is 12.2. The van der Waals surface area contributed by atoms with Crippen molar-refractivity contribution in [2.24, 2.45) is 0 Å². The molecule has 1 unspecified atom stereocenters. The highest BCUT2D eigenvalue weighted by Gasteiger charge is 2.17. The van der Waals surface area contributed by atoms with Gasteiger partial charge in [0.15, 0.2) is 0 Å². The van der Waals surface area contributed by atoms with Gasteiger partial charge >= 0.3 is 0 Å². The molecule has 3 N–H and O–H groups in total. The van der Waals surface area contributed by atoms with E-state index in [4.69, 9.17) is 0 Å². The van der Waals surface area contributed by atoms with Crippen molar-refractivity contribution >= 4 is 15.9 Å². The van der Waals surface area contributed by atoms with Crippen molar-refractivity contribution in [3.05, 3.63) is 59.7 Å². The normalized spacial score (nSPS) is 12.6. The number of sulfonamides is 1. The van der Waals surface area contributed by atoms with Gasteiger partial charge in [-0.05, 0) is 43.7 Å². The van der Waals surface area contributed by atoms with Gasteiger partial charge in [-0.3, -0.25) is 4.79 Å². The lowest BCUT2D eigenvalue weighted by atomic mass is 10.2. The van der Waals surface area contributed by atoms with Gasteiger partial charge in [0.25, 0.3) is 5.91 Å². The molecule has 1 atom stereocenters. The first kappa shape index (κ1) is 19.0. The van der Waals surface area contributed by atoms with E-state index in [1.165, 1.54) is 24.3 Å². The van der Waals surface area contributed by atoms with Gasteiger partial charge in [-0.1, -0.05) is 25.1 Å². The summed E-state index contributed by atoms with van der Waals surface area (Å²) < 4.78 is 27.0. The third-order valence-corrected chi connectivity index (χ3v) is 5.43. The average Bonchev–Trinajstić information content (AvgIpc) is 2.60. The summed E-state index contributed by atoms with van der Waals surface area (Å²) >= 11 is 0. The Labute approximate surface area is 147 Å². The molecule has 6 nitrogen and oxygen atoms in total. The number of carbonyl (C=O) groups is 1. The molecule has 0 radical (unpaired) electrons. The van der Waals surface area contributed by atoms with Gasteiger partial charge in [0.05, 0.1) is 4.90 Å². The molecule has 2 rings (SSSR count). The molecule has 0 spiro atoms. The zero-order valence-corrected chi connectivity index (χ0v) is 15.0. The Morgan fingerprint density at radius 3 is 2.36 bits per heavy atom. The van der Waals surface area contributed by atoms with Gasteiger partial charge in [-0.25, -0.2) is 13.1 Å². The highest BCUT2D eigenvalue weighted by molar-refractivity contribution is 7.89. The van der Waals surface area contributed by atoms with Gasteiger partial charge < -0.3 is 10.4 Å². The van der Waals surface area contributed by atoms with E-state index >= 15 is 0 Å². The SMILES string of the molecule is CCC(C)NS(=O)(=O)c1ccc(C(=O)NCc2ccccc2O)cc1. The Morgan fingerprint density at radius 1 is 1.12 bits per heavy atom. The van der Waals surface area contributed by atoms with Gasteiger partial charge in [0, 0.05) is 23.7 Å². The number of phenolic OH excluding ortho intramolecular Hbond substituents is 1. The van der Waals surface area contributed by atoms with Crippen LogP contribution in [-0.2, 0) is 16.6 Å². The Kier molecular flexibility index (Phi) is 6.17. The molecule has 2 aromatic rings. The van der Waals surface area contributed by atoms with Crippen molar-refractivity contribution in [2.45, 2.75) is 37.8 Å². The molecule has 0 aliphatic heterocycles. The van der Waals surface area contributed by atoms with E-state index in [1.54, 1.807) is 31.2 Å². The minimum atomic E-state index is -3.59. The van der Waals surface area contributed by atoms with Crippen LogP contribution < -0.4 is 10.0 Å². The number of aromatic hydroxyl groups is 1. The number of amides is 1. The molecular weight excluding hydrogens is 340 g/mol. The van der Waals surface area contributed by atoms with Crippen LogP contribution in [0.4, 0.5) is 0 Å². The fourth-order valence-corrected chi connectivity index (χ4v) is 3.47. The number of hydrogen-bond donors (Lipinski definition) is 3. The van der Waals surface area contributed by atoms with Crippen molar-refractivity contribution in [2.75, 3.05) is 0 Å². The van der Waals surface area contributed by atoms with Gasteiger partial charge in [0.2, 0.25) is 10.0 Å². The van der Waals surface area contributed by atoms with Crippen molar-refractivity contribution < 1.29 is 18.3 Å². The average molecular weight is 362 g/mol. The van der Waals surface area contributed by atoms with Crippen molar-refractivity contribution in [1.82, 2.24) is 10.0 Å². The second-order valence-electron chi connectivity index (χ2n) is 5.77. The summed E-state index contributed by atoms with van der Waals surface area (Å²) in [5.41, 5.74) is 0.950. The Bertz CT molecular complexity index is 832. The second-order valence-corrected chi connectivity index (χ2v) is 7.48. The number of para-hydroxylation sites is 1. The summed E-state index contributed by atoms with van der Waals surface area (Å²) in [7, 11) is -3.59. The third kappa shape index (κ3) is 5.04. The van der Waals surface area contributed by atoms with E-state index in [9.17, 15) is 18.3 Å². The van der Waals surface area contributed by atoms with Crippen LogP contribution in [0, 0.1) is 0 Å². The number of rotatable bonds is 7. The first-order valence-corrected chi connectivity index (χ1v) is 9.49. The highest BCUT2D eigenvalue weighted by atomic mass is 32.2. The van der Waals surface area contributed by atoms with Gasteiger partial charge in [0.1, 0.15) is 5.75 Å². The fourth-order valence-electron chi connectivity index (χ4n) is 2.14. The lowest BCUT2D eigenvalue weighted by molar-refractivity contribution is 0.0950. The standard InChI is InChI=1S/C18H22N2O4S/c1-3-13(2)20-25(23,24)16-10-8-14(9-11-16)18(22)19-12-15-6-4-5-7-17(15)21/h4-11,13,20-21H,3,12H2,1-2H3,(H,19,22). The summed E-state index contributed by atoms with van der Waals surface area (Å²) in [5.74, 6) is -0.234. The predicted molar refractivity (Wildman–Crippen MR) is 95.8 cm³/mol. The molecule has 0 aromatic heterocycles. The van der Waals surface area contributed by atoms with Crippen LogP contribution in [0.3, 0.4) is 0 Å². The molecule has 7 heteroatoms. The molecule has 0 heterocycles. The molecule has 0 aliphatic carbocycles. The fraction of sp³-hybridized carbons (Fsp3) is 0.278. The predicted octanol–water partition coefficient (Wildman–Crippen LogP) is 2.40. The van der Waals surface area contributed by atoms with Crippen LogP contribution in [0.2, 0.25) is 0 Å². The summed E-state index contributed by atoms with van der Waals surface area (Å²) in [6.45, 7) is 3.87. The van der Waals surface area contributed by atoms with Crippen LogP contribution in [0.1, 0.15) is 36.2 Å². The lowest BCUT2D eigenvalue weighted by Crippen LogP contribution is -2.32. The Morgan fingerprint density at radius 2 is 1.76 bits per heavy atom. The first-order valence-electron chi connectivity index (χ1n) is 8.01. The van der Waals surface area contributed by atoms with Crippen LogP contribution in [-0.4, -0.2) is 25.5 Å². The smallest absolute Gasteiger partial charge is 0.251 e. The van der Waals surface area contributed by atoms with Crippen LogP contribution in [0.15, 0.2) is 53.4 Å². The van der Waals surface area contributed by atoms with Crippen molar-refractivity contribution in [3.8, 4) is 5.75 Å². The quantitative estimate of drug-likeness (QED) is 0.705. The lowest BCUT2D eigenvalue weighted by Gasteiger charge is -2.12. The summed E-state index contributed by atoms with van der Waals surface area (Å²) in [5, 5.41) is 12.4. The second kappa shape index (κ2) is 8.13. The van der Waals surface area contributed by atoms with E-state index < -0.39 is 10.0 Å². The van der Waals surface area contributed by atoms with E-state index in [2.05, 4.69) is 10.0 Å². The van der Waals surface area contributed by atoms with E-state index in [0.717, 1.165) is 0 Å². The van der Waals surface area contributed by atoms with Crippen LogP contribution in [0.25, 0.3) is 0 Å². The molecule has 0 saturated carbocycles. The number of hydrogen-bond acceptors (Lipinski definition) is 4. The van der Waals surface area contributed by atoms with E-state index in [-0.39, 0.29) is 29.1 Å². The van der Waals surface area contributed by atoms with Gasteiger partial charge in [-0.15, -0.1) is 0 Å². The largest absolute Gasteiger partial charge is 0.508 e. The zero-order chi connectivity index (χ0) is 18.4. The molecule has 0 aliphatic rings. The number of carbonyl (C=O) groups excluding carboxylic acids is 1. The Hall–Kier alpha value is -2.38. The zero-order valence-electron chi connectivity index (χ0n) is 14.2. The maximum Gasteiger partial charge on any atom is 0.251 e. The summed E-state index contributed by atoms with van der Waals surface area (Å²) in [6, 6.07) is 12.3. The molecule has 25 heavy (non-hydrogen) atoms. The number of phenols is 1. The molecule has 0 fully saturated rings. The monoisotopic (exact) mass is 362 g/mol. The van der Waals surface area contributed by atoms with Crippen molar-refractivity contribution in [3.63, 3.8) is 0 Å². The topological polar surface area (TPSA) is 95.5 Å². The molecule has 0 bridgehead atoms. The van der Waals surface area contributed by atoms with E-state index in [0.29, 0.717) is 17.5 Å². The molecule has 1 amide bonds.